The first-order valence-electron chi connectivity index (χ1n) is 6.44. The van der Waals surface area contributed by atoms with E-state index in [0.717, 1.165) is 32.6 Å². The largest absolute Gasteiger partial charge is 0.380 e. The highest BCUT2D eigenvalue weighted by molar-refractivity contribution is 4.95. The number of hydrogen-bond acceptors (Lipinski definition) is 3. The minimum absolute atomic E-state index is 0.215. The first-order chi connectivity index (χ1) is 7.73. The van der Waals surface area contributed by atoms with Crippen LogP contribution in [0.15, 0.2) is 0 Å². The van der Waals surface area contributed by atoms with E-state index in [-0.39, 0.29) is 5.92 Å². The molecule has 3 heteroatoms. The molecule has 1 N–H and O–H groups in total. The SMILES string of the molecule is CC1(CNC2CCCCCC2C#N)COC1. The lowest BCUT2D eigenvalue weighted by atomic mass is 9.87. The maximum atomic E-state index is 9.17. The highest BCUT2D eigenvalue weighted by Gasteiger charge is 2.34. The van der Waals surface area contributed by atoms with E-state index in [1.807, 2.05) is 0 Å². The molecular formula is C13H22N2O. The lowest BCUT2D eigenvalue weighted by Gasteiger charge is -2.39. The number of rotatable bonds is 3. The van der Waals surface area contributed by atoms with Crippen molar-refractivity contribution < 1.29 is 4.74 Å². The van der Waals surface area contributed by atoms with Crippen molar-refractivity contribution in [2.24, 2.45) is 11.3 Å². The van der Waals surface area contributed by atoms with Crippen molar-refractivity contribution in [2.45, 2.75) is 45.1 Å². The van der Waals surface area contributed by atoms with Gasteiger partial charge in [0.2, 0.25) is 0 Å². The number of nitriles is 1. The Hall–Kier alpha value is -0.590. The molecule has 0 bridgehead atoms. The zero-order chi connectivity index (χ0) is 11.4. The quantitative estimate of drug-likeness (QED) is 0.744. The van der Waals surface area contributed by atoms with E-state index < -0.39 is 0 Å². The van der Waals surface area contributed by atoms with E-state index in [4.69, 9.17) is 4.74 Å². The fourth-order valence-corrected chi connectivity index (χ4v) is 2.64. The number of hydrogen-bond donors (Lipinski definition) is 1. The second-order valence-electron chi connectivity index (χ2n) is 5.66. The molecule has 0 aromatic heterocycles. The molecule has 1 aliphatic carbocycles. The maximum absolute atomic E-state index is 9.17. The fourth-order valence-electron chi connectivity index (χ4n) is 2.64. The van der Waals surface area contributed by atoms with E-state index >= 15 is 0 Å². The zero-order valence-corrected chi connectivity index (χ0v) is 10.2. The van der Waals surface area contributed by atoms with E-state index in [1.54, 1.807) is 0 Å². The summed E-state index contributed by atoms with van der Waals surface area (Å²) in [4.78, 5) is 0. The molecule has 0 amide bonds. The second-order valence-corrected chi connectivity index (χ2v) is 5.66. The van der Waals surface area contributed by atoms with Gasteiger partial charge in [0.25, 0.3) is 0 Å². The van der Waals surface area contributed by atoms with Crippen LogP contribution in [0.3, 0.4) is 0 Å². The van der Waals surface area contributed by atoms with Crippen LogP contribution in [0.25, 0.3) is 0 Å². The Labute approximate surface area is 98.2 Å². The van der Waals surface area contributed by atoms with Gasteiger partial charge in [0.15, 0.2) is 0 Å². The topological polar surface area (TPSA) is 45.0 Å². The molecule has 1 saturated carbocycles. The molecule has 3 nitrogen and oxygen atoms in total. The van der Waals surface area contributed by atoms with Crippen LogP contribution < -0.4 is 5.32 Å². The Morgan fingerprint density at radius 2 is 2.06 bits per heavy atom. The van der Waals surface area contributed by atoms with Crippen molar-refractivity contribution in [1.82, 2.24) is 5.32 Å². The molecule has 0 aromatic carbocycles. The third kappa shape index (κ3) is 2.75. The van der Waals surface area contributed by atoms with Crippen molar-refractivity contribution in [3.8, 4) is 6.07 Å². The Balaban J connectivity index is 1.83. The number of ether oxygens (including phenoxy) is 1. The van der Waals surface area contributed by atoms with Gasteiger partial charge in [-0.05, 0) is 12.8 Å². The molecule has 1 heterocycles. The van der Waals surface area contributed by atoms with Crippen molar-refractivity contribution >= 4 is 0 Å². The van der Waals surface area contributed by atoms with Gasteiger partial charge in [-0.3, -0.25) is 0 Å². The highest BCUT2D eigenvalue weighted by atomic mass is 16.5. The monoisotopic (exact) mass is 222 g/mol. The lowest BCUT2D eigenvalue weighted by Crippen LogP contribution is -2.50. The Kier molecular flexibility index (Phi) is 3.83. The summed E-state index contributed by atoms with van der Waals surface area (Å²) in [5.74, 6) is 0.215. The lowest BCUT2D eigenvalue weighted by molar-refractivity contribution is -0.100. The van der Waals surface area contributed by atoms with Crippen molar-refractivity contribution in [1.29, 1.82) is 5.26 Å². The van der Waals surface area contributed by atoms with E-state index in [1.165, 1.54) is 19.3 Å². The molecule has 2 rings (SSSR count). The average molecular weight is 222 g/mol. The van der Waals surface area contributed by atoms with Crippen LogP contribution >= 0.6 is 0 Å². The Morgan fingerprint density at radius 1 is 1.31 bits per heavy atom. The van der Waals surface area contributed by atoms with Crippen LogP contribution in [0.1, 0.15) is 39.0 Å². The molecule has 90 valence electrons. The first-order valence-corrected chi connectivity index (χ1v) is 6.44. The van der Waals surface area contributed by atoms with Crippen molar-refractivity contribution in [3.63, 3.8) is 0 Å². The molecule has 2 unspecified atom stereocenters. The molecule has 16 heavy (non-hydrogen) atoms. The minimum atomic E-state index is 0.215. The van der Waals surface area contributed by atoms with Gasteiger partial charge < -0.3 is 10.1 Å². The van der Waals surface area contributed by atoms with Gasteiger partial charge in [-0.25, -0.2) is 0 Å². The summed E-state index contributed by atoms with van der Waals surface area (Å²) >= 11 is 0. The molecule has 2 fully saturated rings. The average Bonchev–Trinajstić information content (AvgIpc) is 2.48. The van der Waals surface area contributed by atoms with Crippen molar-refractivity contribution in [2.75, 3.05) is 19.8 Å². The second kappa shape index (κ2) is 5.16. The molecule has 1 aliphatic heterocycles. The molecule has 2 aliphatic rings. The summed E-state index contributed by atoms with van der Waals surface area (Å²) in [5, 5.41) is 12.8. The maximum Gasteiger partial charge on any atom is 0.0672 e. The number of nitrogens with one attached hydrogen (secondary N) is 1. The Morgan fingerprint density at radius 3 is 2.69 bits per heavy atom. The smallest absolute Gasteiger partial charge is 0.0672 e. The molecular weight excluding hydrogens is 200 g/mol. The van der Waals surface area contributed by atoms with Crippen LogP contribution in [0, 0.1) is 22.7 Å². The molecule has 0 spiro atoms. The van der Waals surface area contributed by atoms with Gasteiger partial charge >= 0.3 is 0 Å². The molecule has 2 atom stereocenters. The van der Waals surface area contributed by atoms with Gasteiger partial charge in [-0.2, -0.15) is 5.26 Å². The summed E-state index contributed by atoms with van der Waals surface area (Å²) in [7, 11) is 0. The molecule has 1 saturated heterocycles. The fraction of sp³-hybridized carbons (Fsp3) is 0.923. The van der Waals surface area contributed by atoms with E-state index in [0.29, 0.717) is 11.5 Å². The Bertz CT molecular complexity index is 268. The third-order valence-corrected chi connectivity index (χ3v) is 3.87. The van der Waals surface area contributed by atoms with Crippen LogP contribution in [-0.2, 0) is 4.74 Å². The zero-order valence-electron chi connectivity index (χ0n) is 10.2. The summed E-state index contributed by atoms with van der Waals surface area (Å²) < 4.78 is 5.25. The predicted molar refractivity (Wildman–Crippen MR) is 62.9 cm³/mol. The number of nitrogens with zero attached hydrogens (tertiary/aromatic N) is 1. The van der Waals surface area contributed by atoms with Crippen molar-refractivity contribution in [3.05, 3.63) is 0 Å². The summed E-state index contributed by atoms with van der Waals surface area (Å²) in [6.07, 6.45) is 6.01. The summed E-state index contributed by atoms with van der Waals surface area (Å²) in [5.41, 5.74) is 0.312. The van der Waals surface area contributed by atoms with Gasteiger partial charge in [-0.15, -0.1) is 0 Å². The normalized spacial score (nSPS) is 33.5. The van der Waals surface area contributed by atoms with Gasteiger partial charge in [0.05, 0.1) is 25.2 Å². The summed E-state index contributed by atoms with van der Waals surface area (Å²) in [6.45, 7) is 4.98. The van der Waals surface area contributed by atoms with Gasteiger partial charge in [-0.1, -0.05) is 26.2 Å². The van der Waals surface area contributed by atoms with Crippen LogP contribution in [-0.4, -0.2) is 25.8 Å². The third-order valence-electron chi connectivity index (χ3n) is 3.87. The van der Waals surface area contributed by atoms with Gasteiger partial charge in [0.1, 0.15) is 0 Å². The standard InChI is InChI=1S/C13H22N2O/c1-13(9-16-10-13)8-15-12-6-4-2-3-5-11(12)7-14/h11-12,15H,2-6,8-10H2,1H3. The highest BCUT2D eigenvalue weighted by Crippen LogP contribution is 2.28. The van der Waals surface area contributed by atoms with E-state index in [9.17, 15) is 5.26 Å². The molecule has 0 aromatic rings. The van der Waals surface area contributed by atoms with Crippen LogP contribution in [0.2, 0.25) is 0 Å². The van der Waals surface area contributed by atoms with Crippen LogP contribution in [0.5, 0.6) is 0 Å². The molecule has 0 radical (unpaired) electrons. The first kappa shape index (κ1) is 11.9. The predicted octanol–water partition coefficient (Wildman–Crippen LogP) is 2.08. The summed E-state index contributed by atoms with van der Waals surface area (Å²) in [6, 6.07) is 2.88. The van der Waals surface area contributed by atoms with Gasteiger partial charge in [0, 0.05) is 18.0 Å². The van der Waals surface area contributed by atoms with Crippen LogP contribution in [0.4, 0.5) is 0 Å². The van der Waals surface area contributed by atoms with E-state index in [2.05, 4.69) is 18.3 Å². The minimum Gasteiger partial charge on any atom is -0.380 e.